The number of piperidine rings is 1. The van der Waals surface area contributed by atoms with Crippen molar-refractivity contribution < 1.29 is 9.84 Å². The molecule has 4 rings (SSSR count). The zero-order valence-corrected chi connectivity index (χ0v) is 14.1. The molecular formula is C18H23N5O2. The van der Waals surface area contributed by atoms with Crippen molar-refractivity contribution in [3.8, 4) is 5.75 Å². The zero-order chi connectivity index (χ0) is 17.2. The first kappa shape index (κ1) is 16.1. The summed E-state index contributed by atoms with van der Waals surface area (Å²) in [6.45, 7) is 1.75. The number of ether oxygens (including phenoxy) is 1. The van der Waals surface area contributed by atoms with Gasteiger partial charge in [-0.3, -0.25) is 4.98 Å². The number of nitrogens with zero attached hydrogens (tertiary/aromatic N) is 4. The fraction of sp³-hybridized carbons (Fsp3) is 0.500. The van der Waals surface area contributed by atoms with Crippen molar-refractivity contribution >= 4 is 11.8 Å². The Morgan fingerprint density at radius 2 is 1.84 bits per heavy atom. The molecule has 132 valence electrons. The van der Waals surface area contributed by atoms with Gasteiger partial charge in [0.2, 0.25) is 5.95 Å². The SMILES string of the molecule is Nc1nc(C2CC(O)C2)cc(N2CCC(Oc3ccncc3)CC2)n1. The van der Waals surface area contributed by atoms with E-state index < -0.39 is 0 Å². The summed E-state index contributed by atoms with van der Waals surface area (Å²) in [4.78, 5) is 15.0. The van der Waals surface area contributed by atoms with Crippen LogP contribution in [0.5, 0.6) is 5.75 Å². The third-order valence-electron chi connectivity index (χ3n) is 5.00. The van der Waals surface area contributed by atoms with E-state index >= 15 is 0 Å². The lowest BCUT2D eigenvalue weighted by Crippen LogP contribution is -2.39. The quantitative estimate of drug-likeness (QED) is 0.874. The molecule has 0 unspecified atom stereocenters. The van der Waals surface area contributed by atoms with Crippen molar-refractivity contribution in [2.24, 2.45) is 0 Å². The van der Waals surface area contributed by atoms with Gasteiger partial charge in [0, 0.05) is 50.3 Å². The summed E-state index contributed by atoms with van der Waals surface area (Å²) in [7, 11) is 0. The monoisotopic (exact) mass is 341 g/mol. The summed E-state index contributed by atoms with van der Waals surface area (Å²) in [5, 5.41) is 9.51. The van der Waals surface area contributed by atoms with Gasteiger partial charge in [0.15, 0.2) is 0 Å². The lowest BCUT2D eigenvalue weighted by Gasteiger charge is -2.34. The van der Waals surface area contributed by atoms with Crippen LogP contribution < -0.4 is 15.4 Å². The molecule has 2 aliphatic rings. The second-order valence-electron chi connectivity index (χ2n) is 6.82. The highest BCUT2D eigenvalue weighted by Gasteiger charge is 2.31. The lowest BCUT2D eigenvalue weighted by molar-refractivity contribution is 0.0732. The third-order valence-corrected chi connectivity index (χ3v) is 5.00. The van der Waals surface area contributed by atoms with Crippen molar-refractivity contribution in [1.29, 1.82) is 0 Å². The molecule has 1 saturated carbocycles. The largest absolute Gasteiger partial charge is 0.490 e. The average Bonchev–Trinajstić information content (AvgIpc) is 2.60. The van der Waals surface area contributed by atoms with Gasteiger partial charge < -0.3 is 20.5 Å². The van der Waals surface area contributed by atoms with Gasteiger partial charge in [-0.2, -0.15) is 4.98 Å². The van der Waals surface area contributed by atoms with Crippen LogP contribution in [0, 0.1) is 0 Å². The summed E-state index contributed by atoms with van der Waals surface area (Å²) in [6.07, 6.45) is 6.88. The minimum absolute atomic E-state index is 0.203. The van der Waals surface area contributed by atoms with Crippen LogP contribution in [0.1, 0.15) is 37.3 Å². The fourth-order valence-corrected chi connectivity index (χ4v) is 3.48. The van der Waals surface area contributed by atoms with E-state index in [2.05, 4.69) is 19.9 Å². The zero-order valence-electron chi connectivity index (χ0n) is 14.1. The van der Waals surface area contributed by atoms with Crippen LogP contribution in [0.4, 0.5) is 11.8 Å². The van der Waals surface area contributed by atoms with Gasteiger partial charge in [-0.05, 0) is 25.0 Å². The number of nitrogens with two attached hydrogens (primary N) is 1. The molecule has 7 nitrogen and oxygen atoms in total. The highest BCUT2D eigenvalue weighted by atomic mass is 16.5. The first-order valence-electron chi connectivity index (χ1n) is 8.81. The van der Waals surface area contributed by atoms with Gasteiger partial charge in [0.1, 0.15) is 17.7 Å². The molecule has 0 spiro atoms. The molecule has 1 aliphatic carbocycles. The van der Waals surface area contributed by atoms with E-state index in [9.17, 15) is 5.11 Å². The number of aliphatic hydroxyl groups is 1. The molecule has 0 atom stereocenters. The Hall–Kier alpha value is -2.41. The highest BCUT2D eigenvalue weighted by Crippen LogP contribution is 2.37. The van der Waals surface area contributed by atoms with Crippen LogP contribution in [0.25, 0.3) is 0 Å². The molecule has 0 radical (unpaired) electrons. The number of hydrogen-bond donors (Lipinski definition) is 2. The first-order valence-corrected chi connectivity index (χ1v) is 8.81. The minimum Gasteiger partial charge on any atom is -0.490 e. The van der Waals surface area contributed by atoms with Crippen molar-refractivity contribution in [2.75, 3.05) is 23.7 Å². The first-order chi connectivity index (χ1) is 12.2. The number of aliphatic hydroxyl groups excluding tert-OH is 1. The fourth-order valence-electron chi connectivity index (χ4n) is 3.48. The van der Waals surface area contributed by atoms with Gasteiger partial charge in [-0.15, -0.1) is 0 Å². The number of nitrogen functional groups attached to an aromatic ring is 1. The van der Waals surface area contributed by atoms with Crippen LogP contribution in [0.3, 0.4) is 0 Å². The smallest absolute Gasteiger partial charge is 0.222 e. The van der Waals surface area contributed by atoms with Crippen LogP contribution in [-0.4, -0.2) is 45.4 Å². The maximum absolute atomic E-state index is 9.51. The third kappa shape index (κ3) is 3.66. The van der Waals surface area contributed by atoms with E-state index in [4.69, 9.17) is 10.5 Å². The Morgan fingerprint density at radius 1 is 1.12 bits per heavy atom. The molecule has 3 N–H and O–H groups in total. The van der Waals surface area contributed by atoms with Gasteiger partial charge in [-0.1, -0.05) is 0 Å². The summed E-state index contributed by atoms with van der Waals surface area (Å²) in [5.74, 6) is 2.35. The average molecular weight is 341 g/mol. The van der Waals surface area contributed by atoms with Crippen molar-refractivity contribution in [2.45, 2.75) is 43.8 Å². The number of rotatable bonds is 4. The van der Waals surface area contributed by atoms with Crippen LogP contribution >= 0.6 is 0 Å². The summed E-state index contributed by atoms with van der Waals surface area (Å²) < 4.78 is 6.01. The number of pyridine rings is 1. The van der Waals surface area contributed by atoms with Crippen molar-refractivity contribution in [3.05, 3.63) is 36.3 Å². The van der Waals surface area contributed by atoms with E-state index in [0.29, 0.717) is 11.9 Å². The normalized spacial score (nSPS) is 24.0. The maximum Gasteiger partial charge on any atom is 0.222 e. The predicted octanol–water partition coefficient (Wildman–Crippen LogP) is 1.74. The minimum atomic E-state index is -0.203. The number of anilines is 2. The van der Waals surface area contributed by atoms with Gasteiger partial charge in [-0.25, -0.2) is 4.98 Å². The Morgan fingerprint density at radius 3 is 2.52 bits per heavy atom. The topological polar surface area (TPSA) is 97.4 Å². The van der Waals surface area contributed by atoms with E-state index in [1.807, 2.05) is 18.2 Å². The molecule has 1 aliphatic heterocycles. The van der Waals surface area contributed by atoms with E-state index in [1.165, 1.54) is 0 Å². The van der Waals surface area contributed by atoms with E-state index in [1.54, 1.807) is 12.4 Å². The molecule has 2 aromatic rings. The molecule has 25 heavy (non-hydrogen) atoms. The van der Waals surface area contributed by atoms with Gasteiger partial charge in [0.25, 0.3) is 0 Å². The molecule has 0 bridgehead atoms. The Labute approximate surface area is 146 Å². The van der Waals surface area contributed by atoms with Crippen LogP contribution in [0.2, 0.25) is 0 Å². The number of hydrogen-bond acceptors (Lipinski definition) is 7. The molecule has 0 aromatic carbocycles. The van der Waals surface area contributed by atoms with E-state index in [0.717, 1.165) is 56.0 Å². The molecule has 1 saturated heterocycles. The van der Waals surface area contributed by atoms with E-state index in [-0.39, 0.29) is 12.2 Å². The highest BCUT2D eigenvalue weighted by molar-refractivity contribution is 5.45. The van der Waals surface area contributed by atoms with Crippen LogP contribution in [0.15, 0.2) is 30.6 Å². The van der Waals surface area contributed by atoms with Crippen molar-refractivity contribution in [3.63, 3.8) is 0 Å². The Bertz CT molecular complexity index is 713. The standard InChI is InChI=1S/C18H23N5O2/c19-18-21-16(12-9-13(24)10-12)11-17(22-18)23-7-3-15(4-8-23)25-14-1-5-20-6-2-14/h1-2,5-6,11-13,15,24H,3-4,7-10H2,(H2,19,21,22). The summed E-state index contributed by atoms with van der Waals surface area (Å²) >= 11 is 0. The molecular weight excluding hydrogens is 318 g/mol. The summed E-state index contributed by atoms with van der Waals surface area (Å²) in [6, 6.07) is 5.80. The summed E-state index contributed by atoms with van der Waals surface area (Å²) in [5.41, 5.74) is 6.85. The molecule has 2 fully saturated rings. The molecule has 2 aromatic heterocycles. The lowest BCUT2D eigenvalue weighted by atomic mass is 9.80. The second-order valence-corrected chi connectivity index (χ2v) is 6.82. The second kappa shape index (κ2) is 6.84. The number of aromatic nitrogens is 3. The Kier molecular flexibility index (Phi) is 4.40. The van der Waals surface area contributed by atoms with Crippen LogP contribution in [-0.2, 0) is 0 Å². The maximum atomic E-state index is 9.51. The van der Waals surface area contributed by atoms with Gasteiger partial charge in [0.05, 0.1) is 11.8 Å². The molecule has 3 heterocycles. The Balaban J connectivity index is 1.39. The van der Waals surface area contributed by atoms with Crippen molar-refractivity contribution in [1.82, 2.24) is 15.0 Å². The van der Waals surface area contributed by atoms with Gasteiger partial charge >= 0.3 is 0 Å². The molecule has 7 heteroatoms. The predicted molar refractivity (Wildman–Crippen MR) is 94.5 cm³/mol. The molecule has 0 amide bonds.